The monoisotopic (exact) mass is 395 g/mol. The minimum atomic E-state index is -0.0962. The van der Waals surface area contributed by atoms with Crippen molar-refractivity contribution in [3.63, 3.8) is 0 Å². The lowest BCUT2D eigenvalue weighted by Crippen LogP contribution is -2.22. The van der Waals surface area contributed by atoms with Crippen LogP contribution in [-0.2, 0) is 0 Å². The molecule has 5 rings (SSSR count). The maximum Gasteiger partial charge on any atom is 0.267 e. The largest absolute Gasteiger partial charge is 0.268 e. The maximum absolute atomic E-state index is 13.2. The van der Waals surface area contributed by atoms with Crippen LogP contribution in [0.4, 0.5) is 0 Å². The van der Waals surface area contributed by atoms with Gasteiger partial charge in [-0.15, -0.1) is 0 Å². The van der Waals surface area contributed by atoms with Gasteiger partial charge in [0.15, 0.2) is 5.13 Å². The summed E-state index contributed by atoms with van der Waals surface area (Å²) < 4.78 is 1.62. The third-order valence-electron chi connectivity index (χ3n) is 4.83. The lowest BCUT2D eigenvalue weighted by atomic mass is 10.1. The van der Waals surface area contributed by atoms with E-state index in [-0.39, 0.29) is 5.56 Å². The van der Waals surface area contributed by atoms with Gasteiger partial charge in [0.25, 0.3) is 5.56 Å². The van der Waals surface area contributed by atoms with Gasteiger partial charge in [0.1, 0.15) is 5.82 Å². The SMILES string of the molecule is Cc1nc2ccccc2c(=O)n1-c1nc(-c2ccccc2)c(-c2ccccc2)s1. The average molecular weight is 395 g/mol. The van der Waals surface area contributed by atoms with E-state index in [4.69, 9.17) is 4.98 Å². The van der Waals surface area contributed by atoms with E-state index in [1.54, 1.807) is 4.57 Å². The molecule has 140 valence electrons. The summed E-state index contributed by atoms with van der Waals surface area (Å²) in [5, 5.41) is 1.22. The Morgan fingerprint density at radius 1 is 0.759 bits per heavy atom. The van der Waals surface area contributed by atoms with Crippen LogP contribution in [0.1, 0.15) is 5.82 Å². The Morgan fingerprint density at radius 3 is 2.10 bits per heavy atom. The van der Waals surface area contributed by atoms with Crippen LogP contribution in [0.5, 0.6) is 0 Å². The Hall–Kier alpha value is -3.57. The van der Waals surface area contributed by atoms with Gasteiger partial charge in [0, 0.05) is 5.56 Å². The minimum absolute atomic E-state index is 0.0962. The summed E-state index contributed by atoms with van der Waals surface area (Å²) in [6, 6.07) is 27.6. The summed E-state index contributed by atoms with van der Waals surface area (Å²) in [7, 11) is 0. The zero-order valence-corrected chi connectivity index (χ0v) is 16.6. The molecule has 0 amide bonds. The van der Waals surface area contributed by atoms with Gasteiger partial charge in [-0.2, -0.15) is 0 Å². The van der Waals surface area contributed by atoms with Crippen LogP contribution in [0.2, 0.25) is 0 Å². The van der Waals surface area contributed by atoms with Crippen LogP contribution < -0.4 is 5.56 Å². The summed E-state index contributed by atoms with van der Waals surface area (Å²) in [6.07, 6.45) is 0. The molecular weight excluding hydrogens is 378 g/mol. The average Bonchev–Trinajstić information content (AvgIpc) is 3.20. The molecule has 0 aliphatic carbocycles. The molecule has 2 heterocycles. The molecule has 4 nitrogen and oxygen atoms in total. The van der Waals surface area contributed by atoms with Gasteiger partial charge in [-0.05, 0) is 24.6 Å². The topological polar surface area (TPSA) is 47.8 Å². The fraction of sp³-hybridized carbons (Fsp3) is 0.0417. The molecule has 0 saturated carbocycles. The molecule has 5 aromatic rings. The smallest absolute Gasteiger partial charge is 0.267 e. The van der Waals surface area contributed by atoms with Gasteiger partial charge in [0.05, 0.1) is 21.5 Å². The van der Waals surface area contributed by atoms with Crippen molar-refractivity contribution in [3.05, 3.63) is 101 Å². The van der Waals surface area contributed by atoms with Crippen molar-refractivity contribution in [1.82, 2.24) is 14.5 Å². The van der Waals surface area contributed by atoms with Crippen molar-refractivity contribution < 1.29 is 0 Å². The second-order valence-electron chi connectivity index (χ2n) is 6.72. The first kappa shape index (κ1) is 17.5. The van der Waals surface area contributed by atoms with Crippen LogP contribution in [0.15, 0.2) is 89.7 Å². The molecule has 0 aliphatic rings. The quantitative estimate of drug-likeness (QED) is 0.406. The molecule has 0 fully saturated rings. The van der Waals surface area contributed by atoms with E-state index in [0.29, 0.717) is 21.9 Å². The number of benzene rings is 3. The molecule has 0 atom stereocenters. The van der Waals surface area contributed by atoms with Gasteiger partial charge in [0.2, 0.25) is 0 Å². The first-order chi connectivity index (χ1) is 14.2. The number of aryl methyl sites for hydroxylation is 1. The number of rotatable bonds is 3. The number of aromatic nitrogens is 3. The van der Waals surface area contributed by atoms with E-state index in [1.165, 1.54) is 11.3 Å². The van der Waals surface area contributed by atoms with Crippen molar-refractivity contribution in [3.8, 4) is 26.8 Å². The molecular formula is C24H17N3OS. The van der Waals surface area contributed by atoms with E-state index in [2.05, 4.69) is 17.1 Å². The zero-order chi connectivity index (χ0) is 19.8. The molecule has 0 bridgehead atoms. The van der Waals surface area contributed by atoms with Gasteiger partial charge in [-0.3, -0.25) is 4.79 Å². The Bertz CT molecular complexity index is 1320. The Morgan fingerprint density at radius 2 is 1.38 bits per heavy atom. The summed E-state index contributed by atoms with van der Waals surface area (Å²) in [4.78, 5) is 23.8. The Kier molecular flexibility index (Phi) is 4.30. The second kappa shape index (κ2) is 7.11. The molecule has 0 spiro atoms. The highest BCUT2D eigenvalue weighted by molar-refractivity contribution is 7.18. The van der Waals surface area contributed by atoms with Gasteiger partial charge < -0.3 is 0 Å². The second-order valence-corrected chi connectivity index (χ2v) is 7.70. The molecule has 5 heteroatoms. The summed E-state index contributed by atoms with van der Waals surface area (Å²) >= 11 is 1.51. The van der Waals surface area contributed by atoms with Crippen LogP contribution in [0, 0.1) is 6.92 Å². The van der Waals surface area contributed by atoms with Gasteiger partial charge in [-0.1, -0.05) is 84.1 Å². The number of para-hydroxylation sites is 1. The summed E-state index contributed by atoms with van der Waals surface area (Å²) in [5.41, 5.74) is 3.58. The fourth-order valence-corrected chi connectivity index (χ4v) is 4.59. The van der Waals surface area contributed by atoms with Crippen molar-refractivity contribution in [2.45, 2.75) is 6.92 Å². The highest BCUT2D eigenvalue weighted by Gasteiger charge is 2.19. The fourth-order valence-electron chi connectivity index (χ4n) is 3.45. The number of fused-ring (bicyclic) bond motifs is 1. The summed E-state index contributed by atoms with van der Waals surface area (Å²) in [6.45, 7) is 1.85. The number of hydrogen-bond acceptors (Lipinski definition) is 4. The van der Waals surface area contributed by atoms with Crippen molar-refractivity contribution in [2.24, 2.45) is 0 Å². The molecule has 0 saturated heterocycles. The van der Waals surface area contributed by atoms with Crippen LogP contribution in [-0.4, -0.2) is 14.5 Å². The predicted octanol–water partition coefficient (Wildman–Crippen LogP) is 5.48. The van der Waals surface area contributed by atoms with Crippen molar-refractivity contribution in [1.29, 1.82) is 0 Å². The van der Waals surface area contributed by atoms with Gasteiger partial charge >= 0.3 is 0 Å². The van der Waals surface area contributed by atoms with Crippen molar-refractivity contribution in [2.75, 3.05) is 0 Å². The number of nitrogens with zero attached hydrogens (tertiary/aromatic N) is 3. The first-order valence-corrected chi connectivity index (χ1v) is 10.1. The van der Waals surface area contributed by atoms with E-state index >= 15 is 0 Å². The summed E-state index contributed by atoms with van der Waals surface area (Å²) in [5.74, 6) is 0.627. The van der Waals surface area contributed by atoms with Gasteiger partial charge in [-0.25, -0.2) is 14.5 Å². The zero-order valence-electron chi connectivity index (χ0n) is 15.7. The van der Waals surface area contributed by atoms with E-state index in [0.717, 1.165) is 21.7 Å². The minimum Gasteiger partial charge on any atom is -0.268 e. The molecule has 29 heavy (non-hydrogen) atoms. The van der Waals surface area contributed by atoms with E-state index in [1.807, 2.05) is 79.7 Å². The van der Waals surface area contributed by atoms with Crippen molar-refractivity contribution >= 4 is 22.2 Å². The molecule has 3 aromatic carbocycles. The number of hydrogen-bond donors (Lipinski definition) is 0. The molecule has 0 radical (unpaired) electrons. The highest BCUT2D eigenvalue weighted by Crippen LogP contribution is 2.38. The van der Waals surface area contributed by atoms with E-state index in [9.17, 15) is 4.79 Å². The standard InChI is InChI=1S/C24H17N3OS/c1-16-25-20-15-9-8-14-19(20)23(28)27(16)24-26-21(17-10-4-2-5-11-17)22(29-24)18-12-6-3-7-13-18/h2-15H,1H3. The number of thiazole rings is 1. The predicted molar refractivity (Wildman–Crippen MR) is 119 cm³/mol. The Balaban J connectivity index is 1.79. The van der Waals surface area contributed by atoms with E-state index < -0.39 is 0 Å². The van der Waals surface area contributed by atoms with Crippen LogP contribution in [0.25, 0.3) is 37.7 Å². The highest BCUT2D eigenvalue weighted by atomic mass is 32.1. The lowest BCUT2D eigenvalue weighted by molar-refractivity contribution is 0.885. The molecule has 0 unspecified atom stereocenters. The Labute approximate surface area is 171 Å². The first-order valence-electron chi connectivity index (χ1n) is 9.33. The third kappa shape index (κ3) is 3.05. The maximum atomic E-state index is 13.2. The molecule has 0 aliphatic heterocycles. The normalized spacial score (nSPS) is 11.1. The molecule has 2 aromatic heterocycles. The molecule has 0 N–H and O–H groups in total. The van der Waals surface area contributed by atoms with Crippen LogP contribution in [0.3, 0.4) is 0 Å². The van der Waals surface area contributed by atoms with Crippen LogP contribution >= 0.6 is 11.3 Å². The third-order valence-corrected chi connectivity index (χ3v) is 5.92. The lowest BCUT2D eigenvalue weighted by Gasteiger charge is -2.07.